The van der Waals surface area contributed by atoms with Crippen LogP contribution in [0.15, 0.2) is 48.9 Å². The van der Waals surface area contributed by atoms with Crippen molar-refractivity contribution in [3.05, 3.63) is 60.0 Å². The zero-order valence-electron chi connectivity index (χ0n) is 23.9. The lowest BCUT2D eigenvalue weighted by Crippen LogP contribution is -2.43. The number of nitrogens with two attached hydrogens (primary N) is 1. The number of carbonyl (C=O) groups is 2. The molecule has 0 radical (unpaired) electrons. The average molecular weight is 557 g/mol. The minimum Gasteiger partial charge on any atom is -0.444 e. The number of nitrogens with zero attached hydrogens (tertiary/aromatic N) is 6. The molecule has 1 aliphatic heterocycles. The van der Waals surface area contributed by atoms with Crippen LogP contribution >= 0.6 is 0 Å². The molecule has 2 amide bonds. The third kappa shape index (κ3) is 6.29. The number of nitrogen functional groups attached to an aromatic ring is 1. The summed E-state index contributed by atoms with van der Waals surface area (Å²) in [5.74, 6) is 0.587. The van der Waals surface area contributed by atoms with Gasteiger partial charge in [-0.25, -0.2) is 24.4 Å². The van der Waals surface area contributed by atoms with Crippen LogP contribution in [-0.4, -0.2) is 60.3 Å². The SMILES string of the molecule is CCCc1ccnc(NC(=O)c2ccc(-c3nn(C4CCCN(C(=O)OC(C)(C)C)C4)c4ncnc(N)c34)cc2)c1. The second-order valence-corrected chi connectivity index (χ2v) is 11.3. The molecule has 3 aromatic heterocycles. The molecule has 4 heterocycles. The van der Waals surface area contributed by atoms with Gasteiger partial charge in [0.15, 0.2) is 5.65 Å². The lowest BCUT2D eigenvalue weighted by Gasteiger charge is -2.34. The van der Waals surface area contributed by atoms with Crippen molar-refractivity contribution in [2.24, 2.45) is 0 Å². The van der Waals surface area contributed by atoms with Crippen LogP contribution < -0.4 is 11.1 Å². The van der Waals surface area contributed by atoms with E-state index in [0.29, 0.717) is 47.0 Å². The summed E-state index contributed by atoms with van der Waals surface area (Å²) in [5, 5.41) is 8.44. The molecule has 1 fully saturated rings. The van der Waals surface area contributed by atoms with Crippen LogP contribution in [-0.2, 0) is 11.2 Å². The van der Waals surface area contributed by atoms with Gasteiger partial charge in [0.2, 0.25) is 0 Å². The third-order valence-electron chi connectivity index (χ3n) is 6.94. The number of anilines is 2. The first-order valence-electron chi connectivity index (χ1n) is 14.0. The first kappa shape index (κ1) is 28.0. The summed E-state index contributed by atoms with van der Waals surface area (Å²) in [5.41, 5.74) is 9.36. The monoisotopic (exact) mass is 556 g/mol. The molecule has 1 aromatic carbocycles. The van der Waals surface area contributed by atoms with Gasteiger partial charge < -0.3 is 20.7 Å². The quantitative estimate of drug-likeness (QED) is 0.328. The Bertz CT molecular complexity index is 1560. The van der Waals surface area contributed by atoms with Gasteiger partial charge in [-0.3, -0.25) is 4.79 Å². The Hall–Kier alpha value is -4.54. The van der Waals surface area contributed by atoms with Crippen LogP contribution in [0.25, 0.3) is 22.3 Å². The Labute approximate surface area is 239 Å². The third-order valence-corrected chi connectivity index (χ3v) is 6.94. The number of hydrogen-bond acceptors (Lipinski definition) is 8. The van der Waals surface area contributed by atoms with E-state index in [9.17, 15) is 9.59 Å². The van der Waals surface area contributed by atoms with Crippen LogP contribution in [0.5, 0.6) is 0 Å². The molecule has 1 atom stereocenters. The number of piperidine rings is 1. The molecule has 41 heavy (non-hydrogen) atoms. The highest BCUT2D eigenvalue weighted by atomic mass is 16.6. The van der Waals surface area contributed by atoms with Gasteiger partial charge in [-0.05, 0) is 69.9 Å². The van der Waals surface area contributed by atoms with Gasteiger partial charge in [-0.2, -0.15) is 5.10 Å². The Balaban J connectivity index is 1.40. The lowest BCUT2D eigenvalue weighted by molar-refractivity contribution is 0.0169. The number of hydrogen-bond donors (Lipinski definition) is 2. The molecule has 0 aliphatic carbocycles. The number of likely N-dealkylation sites (tertiary alicyclic amines) is 1. The maximum absolute atomic E-state index is 12.9. The lowest BCUT2D eigenvalue weighted by atomic mass is 10.1. The summed E-state index contributed by atoms with van der Waals surface area (Å²) in [6, 6.07) is 10.9. The molecule has 4 aromatic rings. The number of nitrogens with one attached hydrogen (secondary N) is 1. The number of ether oxygens (including phenoxy) is 1. The first-order valence-corrected chi connectivity index (χ1v) is 14.0. The van der Waals surface area contributed by atoms with E-state index < -0.39 is 5.60 Å². The number of rotatable bonds is 6. The number of amides is 2. The van der Waals surface area contributed by atoms with Crippen molar-refractivity contribution in [1.82, 2.24) is 29.6 Å². The van der Waals surface area contributed by atoms with Gasteiger partial charge in [-0.15, -0.1) is 0 Å². The molecule has 5 rings (SSSR count). The maximum Gasteiger partial charge on any atom is 0.410 e. The Kier molecular flexibility index (Phi) is 7.87. The summed E-state index contributed by atoms with van der Waals surface area (Å²) in [4.78, 5) is 40.4. The number of aryl methyl sites for hydroxylation is 1. The summed E-state index contributed by atoms with van der Waals surface area (Å²) in [7, 11) is 0. The van der Waals surface area contributed by atoms with Crippen molar-refractivity contribution < 1.29 is 14.3 Å². The van der Waals surface area contributed by atoms with Gasteiger partial charge >= 0.3 is 6.09 Å². The largest absolute Gasteiger partial charge is 0.444 e. The molecule has 1 unspecified atom stereocenters. The highest BCUT2D eigenvalue weighted by molar-refractivity contribution is 6.04. The van der Waals surface area contributed by atoms with Crippen molar-refractivity contribution in [3.8, 4) is 11.3 Å². The number of pyridine rings is 1. The Morgan fingerprint density at radius 1 is 1.12 bits per heavy atom. The van der Waals surface area contributed by atoms with Gasteiger partial charge in [0, 0.05) is 30.4 Å². The zero-order chi connectivity index (χ0) is 29.1. The fourth-order valence-electron chi connectivity index (χ4n) is 5.05. The molecule has 214 valence electrons. The smallest absolute Gasteiger partial charge is 0.410 e. The standard InChI is InChI=1S/C30H36N8O3/c1-5-7-19-13-14-32-23(16-19)35-28(39)21-11-9-20(10-12-21)25-24-26(31)33-18-34-27(24)38(36-25)22-8-6-15-37(17-22)29(40)41-30(2,3)4/h9-14,16,18,22H,5-8,15,17H2,1-4H3,(H2,31,33,34)(H,32,35,39). The van der Waals surface area contributed by atoms with Gasteiger partial charge in [0.05, 0.1) is 11.4 Å². The van der Waals surface area contributed by atoms with E-state index in [1.165, 1.54) is 6.33 Å². The molecule has 0 spiro atoms. The van der Waals surface area contributed by atoms with Gasteiger partial charge in [-0.1, -0.05) is 25.5 Å². The molecule has 1 aliphatic rings. The van der Waals surface area contributed by atoms with E-state index in [2.05, 4.69) is 27.2 Å². The van der Waals surface area contributed by atoms with Crippen LogP contribution in [0.2, 0.25) is 0 Å². The second kappa shape index (κ2) is 11.5. The van der Waals surface area contributed by atoms with Crippen LogP contribution in [0.3, 0.4) is 0 Å². The highest BCUT2D eigenvalue weighted by Gasteiger charge is 2.31. The minimum atomic E-state index is -0.573. The molecular weight excluding hydrogens is 520 g/mol. The van der Waals surface area contributed by atoms with E-state index in [-0.39, 0.29) is 18.0 Å². The topological polar surface area (TPSA) is 141 Å². The molecule has 1 saturated heterocycles. The van der Waals surface area contributed by atoms with Crippen molar-refractivity contribution >= 4 is 34.7 Å². The van der Waals surface area contributed by atoms with Crippen molar-refractivity contribution in [1.29, 1.82) is 0 Å². The summed E-state index contributed by atoms with van der Waals surface area (Å²) < 4.78 is 7.44. The zero-order valence-corrected chi connectivity index (χ0v) is 23.9. The van der Waals surface area contributed by atoms with E-state index in [4.69, 9.17) is 15.6 Å². The molecular formula is C30H36N8O3. The molecule has 11 nitrogen and oxygen atoms in total. The van der Waals surface area contributed by atoms with Crippen molar-refractivity contribution in [3.63, 3.8) is 0 Å². The molecule has 3 N–H and O–H groups in total. The van der Waals surface area contributed by atoms with E-state index in [1.54, 1.807) is 23.2 Å². The first-order chi connectivity index (χ1) is 19.6. The van der Waals surface area contributed by atoms with Crippen LogP contribution in [0, 0.1) is 0 Å². The maximum atomic E-state index is 12.9. The van der Waals surface area contributed by atoms with Gasteiger partial charge in [0.1, 0.15) is 29.3 Å². The molecule has 0 saturated carbocycles. The molecule has 0 bridgehead atoms. The predicted octanol–water partition coefficient (Wildman–Crippen LogP) is 5.25. The van der Waals surface area contributed by atoms with E-state index >= 15 is 0 Å². The molecule has 11 heteroatoms. The summed E-state index contributed by atoms with van der Waals surface area (Å²) in [6.45, 7) is 8.75. The number of fused-ring (bicyclic) bond motifs is 1. The minimum absolute atomic E-state index is 0.108. The number of carbonyl (C=O) groups excluding carboxylic acids is 2. The van der Waals surface area contributed by atoms with Gasteiger partial charge in [0.25, 0.3) is 5.91 Å². The van der Waals surface area contributed by atoms with Crippen molar-refractivity contribution in [2.45, 2.75) is 65.0 Å². The normalized spacial score (nSPS) is 15.6. The van der Waals surface area contributed by atoms with Crippen LogP contribution in [0.1, 0.15) is 68.9 Å². The second-order valence-electron chi connectivity index (χ2n) is 11.3. The van der Waals surface area contributed by atoms with E-state index in [1.807, 2.05) is 49.7 Å². The Morgan fingerprint density at radius 2 is 1.90 bits per heavy atom. The van der Waals surface area contributed by atoms with E-state index in [0.717, 1.165) is 36.8 Å². The Morgan fingerprint density at radius 3 is 2.63 bits per heavy atom. The predicted molar refractivity (Wildman–Crippen MR) is 157 cm³/mol. The highest BCUT2D eigenvalue weighted by Crippen LogP contribution is 2.34. The fourth-order valence-corrected chi connectivity index (χ4v) is 5.05. The summed E-state index contributed by atoms with van der Waals surface area (Å²) in [6.07, 6.45) is 6.36. The number of benzene rings is 1. The average Bonchev–Trinajstić information content (AvgIpc) is 3.34. The van der Waals surface area contributed by atoms with Crippen LogP contribution in [0.4, 0.5) is 16.4 Å². The fraction of sp³-hybridized carbons (Fsp3) is 0.400. The van der Waals surface area contributed by atoms with Crippen molar-refractivity contribution in [2.75, 3.05) is 24.1 Å². The number of aromatic nitrogens is 5. The summed E-state index contributed by atoms with van der Waals surface area (Å²) >= 11 is 0.